The third-order valence-electron chi connectivity index (χ3n) is 1.91. The summed E-state index contributed by atoms with van der Waals surface area (Å²) >= 11 is 0. The molecule has 1 fully saturated rings. The predicted octanol–water partition coefficient (Wildman–Crippen LogP) is 0.366. The summed E-state index contributed by atoms with van der Waals surface area (Å²) in [5.74, 6) is -0.128. The fourth-order valence-corrected chi connectivity index (χ4v) is 1.28. The molecule has 0 aliphatic heterocycles. The molecular formula is C7H11NO2. The third-order valence-corrected chi connectivity index (χ3v) is 1.91. The SMILES string of the molecule is CC(=N)C1CC(=O)CC1O. The van der Waals surface area contributed by atoms with Crippen molar-refractivity contribution in [1.82, 2.24) is 0 Å². The van der Waals surface area contributed by atoms with Crippen LogP contribution < -0.4 is 0 Å². The average Bonchev–Trinajstić information content (AvgIpc) is 2.10. The summed E-state index contributed by atoms with van der Waals surface area (Å²) in [4.78, 5) is 10.7. The molecule has 0 aromatic rings. The molecule has 2 N–H and O–H groups in total. The van der Waals surface area contributed by atoms with Gasteiger partial charge in [0.05, 0.1) is 6.10 Å². The Morgan fingerprint density at radius 2 is 2.30 bits per heavy atom. The number of carbonyl (C=O) groups excluding carboxylic acids is 1. The number of rotatable bonds is 1. The van der Waals surface area contributed by atoms with E-state index in [1.54, 1.807) is 6.92 Å². The van der Waals surface area contributed by atoms with E-state index in [1.807, 2.05) is 0 Å². The minimum absolute atomic E-state index is 0.0732. The van der Waals surface area contributed by atoms with E-state index >= 15 is 0 Å². The largest absolute Gasteiger partial charge is 0.392 e. The van der Waals surface area contributed by atoms with Gasteiger partial charge >= 0.3 is 0 Å². The molecular weight excluding hydrogens is 130 g/mol. The number of hydrogen-bond donors (Lipinski definition) is 2. The minimum Gasteiger partial charge on any atom is -0.392 e. The molecule has 0 radical (unpaired) electrons. The number of aliphatic hydroxyl groups is 1. The first kappa shape index (κ1) is 7.41. The number of Topliss-reactive ketones (excluding diaryl/α,β-unsaturated/α-hetero) is 1. The van der Waals surface area contributed by atoms with Crippen LogP contribution in [0.25, 0.3) is 0 Å². The molecule has 1 aliphatic carbocycles. The van der Waals surface area contributed by atoms with Crippen LogP contribution in [0.2, 0.25) is 0 Å². The number of aliphatic hydroxyl groups excluding tert-OH is 1. The van der Waals surface area contributed by atoms with Gasteiger partial charge in [0.25, 0.3) is 0 Å². The van der Waals surface area contributed by atoms with Crippen LogP contribution in [0.4, 0.5) is 0 Å². The summed E-state index contributed by atoms with van der Waals surface area (Å²) in [6.07, 6.45) is 0.00204. The fraction of sp³-hybridized carbons (Fsp3) is 0.714. The predicted molar refractivity (Wildman–Crippen MR) is 37.1 cm³/mol. The second kappa shape index (κ2) is 2.50. The normalized spacial score (nSPS) is 32.8. The highest BCUT2D eigenvalue weighted by Crippen LogP contribution is 2.23. The maximum absolute atomic E-state index is 10.7. The molecule has 0 bridgehead atoms. The van der Waals surface area contributed by atoms with Gasteiger partial charge in [-0.1, -0.05) is 0 Å². The molecule has 0 aromatic carbocycles. The van der Waals surface area contributed by atoms with Crippen LogP contribution in [0.5, 0.6) is 0 Å². The van der Waals surface area contributed by atoms with E-state index in [0.29, 0.717) is 12.1 Å². The van der Waals surface area contributed by atoms with Crippen molar-refractivity contribution in [2.75, 3.05) is 0 Å². The summed E-state index contributed by atoms with van der Waals surface area (Å²) in [5, 5.41) is 16.4. The summed E-state index contributed by atoms with van der Waals surface area (Å²) in [6.45, 7) is 1.63. The lowest BCUT2D eigenvalue weighted by atomic mass is 10.0. The Morgan fingerprint density at radius 3 is 2.50 bits per heavy atom. The number of ketones is 1. The first-order valence-corrected chi connectivity index (χ1v) is 3.36. The first-order chi connectivity index (χ1) is 4.61. The van der Waals surface area contributed by atoms with E-state index in [4.69, 9.17) is 10.5 Å². The minimum atomic E-state index is -0.593. The standard InChI is InChI=1S/C7H11NO2/c1-4(8)6-2-5(9)3-7(6)10/h6-8,10H,2-3H2,1H3. The summed E-state index contributed by atoms with van der Waals surface area (Å²) < 4.78 is 0. The van der Waals surface area contributed by atoms with Crippen molar-refractivity contribution in [2.24, 2.45) is 5.92 Å². The molecule has 1 saturated carbocycles. The molecule has 0 amide bonds. The molecule has 3 heteroatoms. The number of carbonyl (C=O) groups is 1. The highest BCUT2D eigenvalue weighted by Gasteiger charge is 2.32. The molecule has 10 heavy (non-hydrogen) atoms. The maximum atomic E-state index is 10.7. The van der Waals surface area contributed by atoms with Crippen molar-refractivity contribution in [1.29, 1.82) is 5.41 Å². The van der Waals surface area contributed by atoms with Crippen molar-refractivity contribution in [2.45, 2.75) is 25.9 Å². The van der Waals surface area contributed by atoms with Crippen LogP contribution in [0.3, 0.4) is 0 Å². The van der Waals surface area contributed by atoms with E-state index in [1.165, 1.54) is 0 Å². The fourth-order valence-electron chi connectivity index (χ4n) is 1.28. The summed E-state index contributed by atoms with van der Waals surface area (Å²) in [5.41, 5.74) is 0.415. The van der Waals surface area contributed by atoms with Gasteiger partial charge in [0, 0.05) is 24.5 Å². The monoisotopic (exact) mass is 141 g/mol. The molecule has 1 rings (SSSR count). The van der Waals surface area contributed by atoms with Gasteiger partial charge in [-0.05, 0) is 6.92 Å². The van der Waals surface area contributed by atoms with E-state index in [9.17, 15) is 4.79 Å². The highest BCUT2D eigenvalue weighted by atomic mass is 16.3. The van der Waals surface area contributed by atoms with Gasteiger partial charge in [-0.2, -0.15) is 0 Å². The molecule has 56 valence electrons. The van der Waals surface area contributed by atoms with Crippen molar-refractivity contribution in [3.05, 3.63) is 0 Å². The molecule has 1 aliphatic rings. The molecule has 0 heterocycles. The van der Waals surface area contributed by atoms with Gasteiger partial charge in [0.15, 0.2) is 0 Å². The molecule has 2 atom stereocenters. The summed E-state index contributed by atoms with van der Waals surface area (Å²) in [7, 11) is 0. The van der Waals surface area contributed by atoms with Crippen LogP contribution in [-0.2, 0) is 4.79 Å². The number of hydrogen-bond acceptors (Lipinski definition) is 3. The lowest BCUT2D eigenvalue weighted by Gasteiger charge is -2.09. The Balaban J connectivity index is 2.63. The van der Waals surface area contributed by atoms with Crippen molar-refractivity contribution < 1.29 is 9.90 Å². The zero-order valence-electron chi connectivity index (χ0n) is 5.92. The smallest absolute Gasteiger partial charge is 0.136 e. The first-order valence-electron chi connectivity index (χ1n) is 3.36. The highest BCUT2D eigenvalue weighted by molar-refractivity contribution is 5.92. The Labute approximate surface area is 59.6 Å². The van der Waals surface area contributed by atoms with E-state index in [2.05, 4.69) is 0 Å². The van der Waals surface area contributed by atoms with Gasteiger partial charge < -0.3 is 10.5 Å². The molecule has 0 spiro atoms. The van der Waals surface area contributed by atoms with Gasteiger partial charge in [-0.25, -0.2) is 0 Å². The van der Waals surface area contributed by atoms with Crippen molar-refractivity contribution in [3.63, 3.8) is 0 Å². The van der Waals surface area contributed by atoms with Crippen LogP contribution in [0.1, 0.15) is 19.8 Å². The quantitative estimate of drug-likeness (QED) is 0.518. The number of nitrogens with one attached hydrogen (secondary N) is 1. The molecule has 3 nitrogen and oxygen atoms in total. The second-order valence-electron chi connectivity index (χ2n) is 2.80. The zero-order chi connectivity index (χ0) is 7.72. The third kappa shape index (κ3) is 1.24. The van der Waals surface area contributed by atoms with E-state index < -0.39 is 6.10 Å². The Hall–Kier alpha value is -0.700. The Kier molecular flexibility index (Phi) is 1.85. The lowest BCUT2D eigenvalue weighted by molar-refractivity contribution is -0.117. The van der Waals surface area contributed by atoms with Gasteiger partial charge in [0.2, 0.25) is 0 Å². The van der Waals surface area contributed by atoms with Crippen LogP contribution in [0.15, 0.2) is 0 Å². The topological polar surface area (TPSA) is 61.2 Å². The lowest BCUT2D eigenvalue weighted by Crippen LogP contribution is -2.19. The Morgan fingerprint density at radius 1 is 1.70 bits per heavy atom. The van der Waals surface area contributed by atoms with Crippen molar-refractivity contribution >= 4 is 11.5 Å². The molecule has 0 saturated heterocycles. The zero-order valence-corrected chi connectivity index (χ0v) is 5.92. The molecule has 0 aromatic heterocycles. The second-order valence-corrected chi connectivity index (χ2v) is 2.80. The van der Waals surface area contributed by atoms with Gasteiger partial charge in [-0.15, -0.1) is 0 Å². The van der Waals surface area contributed by atoms with Crippen LogP contribution in [0, 0.1) is 11.3 Å². The average molecular weight is 141 g/mol. The maximum Gasteiger partial charge on any atom is 0.136 e. The van der Waals surface area contributed by atoms with E-state index in [-0.39, 0.29) is 18.1 Å². The van der Waals surface area contributed by atoms with Gasteiger partial charge in [0.1, 0.15) is 5.78 Å². The van der Waals surface area contributed by atoms with Gasteiger partial charge in [-0.3, -0.25) is 4.79 Å². The Bertz CT molecular complexity index is 176. The summed E-state index contributed by atoms with van der Waals surface area (Å²) in [6, 6.07) is 0. The van der Waals surface area contributed by atoms with Crippen LogP contribution in [-0.4, -0.2) is 22.7 Å². The van der Waals surface area contributed by atoms with Crippen molar-refractivity contribution in [3.8, 4) is 0 Å². The van der Waals surface area contributed by atoms with Crippen LogP contribution >= 0.6 is 0 Å². The van der Waals surface area contributed by atoms with E-state index in [0.717, 1.165) is 0 Å². The molecule has 2 unspecified atom stereocenters.